The Morgan fingerprint density at radius 1 is 1.05 bits per heavy atom. The van der Waals surface area contributed by atoms with E-state index < -0.39 is 0 Å². The molecule has 0 aliphatic heterocycles. The van der Waals surface area contributed by atoms with E-state index in [0.717, 1.165) is 11.3 Å². The lowest BCUT2D eigenvalue weighted by Crippen LogP contribution is -2.24. The maximum Gasteiger partial charge on any atom is 0.243 e. The number of hydrogen-bond donors (Lipinski definition) is 0. The predicted molar refractivity (Wildman–Crippen MR) is 83.3 cm³/mol. The molecule has 0 unspecified atom stereocenters. The lowest BCUT2D eigenvalue weighted by Gasteiger charge is -2.22. The Balaban J connectivity index is 1.61. The lowest BCUT2D eigenvalue weighted by molar-refractivity contribution is -0.671. The molecule has 0 bridgehead atoms. The lowest BCUT2D eigenvalue weighted by atomic mass is 10.4. The molecule has 1 aromatic rings. The summed E-state index contributed by atoms with van der Waals surface area (Å²) in [7, 11) is 2.00. The van der Waals surface area contributed by atoms with Crippen LogP contribution < -0.4 is 4.57 Å². The average molecular weight is 280 g/mol. The van der Waals surface area contributed by atoms with Gasteiger partial charge in [-0.05, 0) is 51.4 Å². The molecule has 0 atom stereocenters. The minimum absolute atomic E-state index is 0.118. The molecule has 0 aromatic carbocycles. The van der Waals surface area contributed by atoms with Crippen molar-refractivity contribution in [1.82, 2.24) is 4.57 Å². The van der Waals surface area contributed by atoms with Crippen LogP contribution in [0.4, 0.5) is 0 Å². The van der Waals surface area contributed by atoms with Crippen LogP contribution in [0.1, 0.15) is 51.4 Å². The van der Waals surface area contributed by atoms with Gasteiger partial charge >= 0.3 is 0 Å². The summed E-state index contributed by atoms with van der Waals surface area (Å²) in [6.45, 7) is 1.27. The van der Waals surface area contributed by atoms with Crippen LogP contribution in [-0.4, -0.2) is 22.0 Å². The van der Waals surface area contributed by atoms with Crippen LogP contribution in [0.15, 0.2) is 18.7 Å². The summed E-state index contributed by atoms with van der Waals surface area (Å²) in [5.41, 5.74) is 2.30. The third-order valence-corrected chi connectivity index (χ3v) is 9.29. The molecule has 2 aliphatic carbocycles. The molecule has 3 heteroatoms. The van der Waals surface area contributed by atoms with Gasteiger partial charge in [-0.3, -0.25) is 0 Å². The summed E-state index contributed by atoms with van der Waals surface area (Å²) in [6.07, 6.45) is 20.5. The number of hydrogen-bond acceptors (Lipinski definition) is 0. The molecule has 0 amide bonds. The molecule has 2 saturated carbocycles. The second-order valence-corrected chi connectivity index (χ2v) is 9.89. The van der Waals surface area contributed by atoms with E-state index in [9.17, 15) is 0 Å². The summed E-state index contributed by atoms with van der Waals surface area (Å²) in [5, 5.41) is 0. The van der Waals surface area contributed by atoms with E-state index in [1.807, 2.05) is 0 Å². The highest BCUT2D eigenvalue weighted by Gasteiger charge is 2.39. The third kappa shape index (κ3) is 3.40. The topological polar surface area (TPSA) is 8.81 Å². The first-order valence-electron chi connectivity index (χ1n) is 8.19. The summed E-state index contributed by atoms with van der Waals surface area (Å²) < 4.78 is 4.56. The van der Waals surface area contributed by atoms with Gasteiger partial charge in [0.25, 0.3) is 0 Å². The van der Waals surface area contributed by atoms with Gasteiger partial charge in [-0.2, -0.15) is 0 Å². The standard InChI is InChI=1S/C16H28N2P/c1-17-10-11-18(14-17)12-13-19(15-6-2-3-7-15)16-8-4-5-9-16/h10-11,14-16H,2-9,12-13H2,1H3/q+1/p+1. The fourth-order valence-corrected chi connectivity index (χ4v) is 8.53. The van der Waals surface area contributed by atoms with E-state index >= 15 is 0 Å². The molecule has 3 rings (SSSR count). The first-order chi connectivity index (χ1) is 9.33. The van der Waals surface area contributed by atoms with E-state index in [2.05, 4.69) is 34.9 Å². The number of imidazole rings is 1. The third-order valence-electron chi connectivity index (χ3n) is 5.24. The van der Waals surface area contributed by atoms with Gasteiger partial charge in [-0.15, -0.1) is 0 Å². The molecule has 0 radical (unpaired) electrons. The highest BCUT2D eigenvalue weighted by molar-refractivity contribution is 7.59. The van der Waals surface area contributed by atoms with Crippen molar-refractivity contribution in [2.75, 3.05) is 6.16 Å². The Morgan fingerprint density at radius 3 is 2.11 bits per heavy atom. The van der Waals surface area contributed by atoms with Gasteiger partial charge in [0.05, 0.1) is 24.5 Å². The van der Waals surface area contributed by atoms with E-state index in [0.29, 0.717) is 0 Å². The summed E-state index contributed by atoms with van der Waals surface area (Å²) >= 11 is 0. The molecular formula is C16H29N2P+2. The van der Waals surface area contributed by atoms with Crippen molar-refractivity contribution in [3.63, 3.8) is 0 Å². The van der Waals surface area contributed by atoms with Gasteiger partial charge in [0.1, 0.15) is 18.9 Å². The minimum atomic E-state index is -0.118. The number of aryl methyl sites for hydroxylation is 2. The molecule has 106 valence electrons. The maximum absolute atomic E-state index is 2.40. The Hall–Kier alpha value is -0.360. The van der Waals surface area contributed by atoms with Crippen molar-refractivity contribution in [2.45, 2.75) is 69.2 Å². The largest absolute Gasteiger partial charge is 0.243 e. The molecule has 0 N–H and O–H groups in total. The normalized spacial score (nSPS) is 21.8. The highest BCUT2D eigenvalue weighted by atomic mass is 31.1. The maximum atomic E-state index is 2.40. The molecule has 2 aliphatic rings. The predicted octanol–water partition coefficient (Wildman–Crippen LogP) is 3.41. The smallest absolute Gasteiger partial charge is 0.240 e. The Bertz CT molecular complexity index is 373. The number of nitrogens with zero attached hydrogens (tertiary/aromatic N) is 2. The summed E-state index contributed by atoms with van der Waals surface area (Å²) in [6, 6.07) is 0. The molecular weight excluding hydrogens is 251 g/mol. The van der Waals surface area contributed by atoms with Crippen LogP contribution in [0.25, 0.3) is 0 Å². The van der Waals surface area contributed by atoms with E-state index in [4.69, 9.17) is 0 Å². The van der Waals surface area contributed by atoms with Crippen LogP contribution in [0.5, 0.6) is 0 Å². The minimum Gasteiger partial charge on any atom is -0.240 e. The van der Waals surface area contributed by atoms with Crippen molar-refractivity contribution in [1.29, 1.82) is 0 Å². The molecule has 2 nitrogen and oxygen atoms in total. The van der Waals surface area contributed by atoms with Gasteiger partial charge in [-0.25, -0.2) is 9.13 Å². The Labute approximate surface area is 119 Å². The van der Waals surface area contributed by atoms with Gasteiger partial charge in [0.15, 0.2) is 0 Å². The number of rotatable bonds is 5. The van der Waals surface area contributed by atoms with Crippen LogP contribution in [0, 0.1) is 0 Å². The zero-order valence-electron chi connectivity index (χ0n) is 12.4. The molecule has 1 aromatic heterocycles. The Morgan fingerprint density at radius 2 is 1.63 bits per heavy atom. The van der Waals surface area contributed by atoms with Crippen molar-refractivity contribution < 1.29 is 4.57 Å². The summed E-state index contributed by atoms with van der Waals surface area (Å²) in [4.78, 5) is 0. The zero-order valence-corrected chi connectivity index (χ0v) is 13.4. The van der Waals surface area contributed by atoms with Gasteiger partial charge < -0.3 is 0 Å². The monoisotopic (exact) mass is 280 g/mol. The first kappa shape index (κ1) is 13.6. The Kier molecular flexibility index (Phi) is 4.58. The van der Waals surface area contributed by atoms with E-state index in [1.165, 1.54) is 38.4 Å². The second-order valence-electron chi connectivity index (χ2n) is 6.60. The molecule has 1 heterocycles. The van der Waals surface area contributed by atoms with Crippen LogP contribution in [0.2, 0.25) is 0 Å². The van der Waals surface area contributed by atoms with E-state index in [1.54, 1.807) is 25.7 Å². The van der Waals surface area contributed by atoms with Crippen molar-refractivity contribution >= 4 is 7.92 Å². The fourth-order valence-electron chi connectivity index (χ4n) is 4.23. The van der Waals surface area contributed by atoms with Crippen molar-refractivity contribution in [2.24, 2.45) is 7.05 Å². The van der Waals surface area contributed by atoms with Gasteiger partial charge in [0.2, 0.25) is 6.33 Å². The second kappa shape index (κ2) is 6.39. The fraction of sp³-hybridized carbons (Fsp3) is 0.812. The first-order valence-corrected chi connectivity index (χ1v) is 10.1. The molecule has 19 heavy (non-hydrogen) atoms. The van der Waals surface area contributed by atoms with Gasteiger partial charge in [-0.1, -0.05) is 0 Å². The molecule has 0 spiro atoms. The number of aromatic nitrogens is 2. The van der Waals surface area contributed by atoms with Crippen molar-refractivity contribution in [3.8, 4) is 0 Å². The average Bonchev–Trinajstić information content (AvgIpc) is 3.11. The van der Waals surface area contributed by atoms with Gasteiger partial charge in [0, 0.05) is 7.92 Å². The molecule has 0 saturated heterocycles. The van der Waals surface area contributed by atoms with Crippen LogP contribution >= 0.6 is 7.92 Å². The molecule has 2 fully saturated rings. The van der Waals surface area contributed by atoms with E-state index in [-0.39, 0.29) is 7.92 Å². The van der Waals surface area contributed by atoms with Crippen molar-refractivity contribution in [3.05, 3.63) is 18.7 Å². The van der Waals surface area contributed by atoms with Crippen LogP contribution in [-0.2, 0) is 13.6 Å². The SMILES string of the molecule is C[n+]1ccn(CC[PH+](C2CCCC2)C2CCCC2)c1. The van der Waals surface area contributed by atoms with Crippen LogP contribution in [0.3, 0.4) is 0 Å². The summed E-state index contributed by atoms with van der Waals surface area (Å²) in [5.74, 6) is 0. The highest BCUT2D eigenvalue weighted by Crippen LogP contribution is 2.56. The quantitative estimate of drug-likeness (QED) is 0.577. The zero-order chi connectivity index (χ0) is 13.1.